The highest BCUT2D eigenvalue weighted by Gasteiger charge is 2.32. The van der Waals surface area contributed by atoms with Crippen LogP contribution in [0.25, 0.3) is 10.9 Å². The lowest BCUT2D eigenvalue weighted by molar-refractivity contribution is 0.0397. The van der Waals surface area contributed by atoms with Crippen molar-refractivity contribution < 1.29 is 26.4 Å². The zero-order chi connectivity index (χ0) is 28.6. The summed E-state index contributed by atoms with van der Waals surface area (Å²) in [4.78, 5) is 21.0. The van der Waals surface area contributed by atoms with Crippen LogP contribution in [0.3, 0.4) is 0 Å². The predicted molar refractivity (Wildman–Crippen MR) is 146 cm³/mol. The van der Waals surface area contributed by atoms with E-state index in [2.05, 4.69) is 9.71 Å². The number of para-hydroxylation sites is 1. The summed E-state index contributed by atoms with van der Waals surface area (Å²) in [5.41, 5.74) is 0.820. The van der Waals surface area contributed by atoms with Gasteiger partial charge in [0.25, 0.3) is 15.9 Å². The molecule has 0 saturated carbocycles. The van der Waals surface area contributed by atoms with Crippen molar-refractivity contribution in [1.82, 2.24) is 14.8 Å². The number of sulfonamides is 1. The number of carbonyl (C=O) groups is 1. The molecule has 0 aliphatic carbocycles. The quantitative estimate of drug-likeness (QED) is 0.339. The number of hydrogen-bond acceptors (Lipinski definition) is 5. The van der Waals surface area contributed by atoms with Crippen LogP contribution in [0.5, 0.6) is 0 Å². The van der Waals surface area contributed by atoms with Gasteiger partial charge < -0.3 is 4.90 Å². The molecule has 1 aliphatic rings. The van der Waals surface area contributed by atoms with E-state index in [-0.39, 0.29) is 22.4 Å². The molecule has 1 amide bonds. The van der Waals surface area contributed by atoms with Crippen LogP contribution in [-0.4, -0.2) is 54.8 Å². The lowest BCUT2D eigenvalue weighted by Crippen LogP contribution is -2.54. The minimum Gasteiger partial charge on any atom is -0.333 e. The van der Waals surface area contributed by atoms with E-state index in [1.165, 1.54) is 24.4 Å². The SMILES string of the molecule is CC(c1c(F)cc(F)cc1F)N1CCN(C(=O)c2ccc(NS(=O)(=O)c3cccc4cccnc34)cc2)[C@H](C)C1. The summed E-state index contributed by atoms with van der Waals surface area (Å²) in [6.07, 6.45) is 1.53. The van der Waals surface area contributed by atoms with E-state index >= 15 is 0 Å². The van der Waals surface area contributed by atoms with Gasteiger partial charge in [-0.1, -0.05) is 18.2 Å². The number of pyridine rings is 1. The van der Waals surface area contributed by atoms with Crippen LogP contribution in [-0.2, 0) is 10.0 Å². The number of halogens is 3. The molecule has 4 aromatic rings. The van der Waals surface area contributed by atoms with Crippen molar-refractivity contribution in [3.05, 3.63) is 102 Å². The number of nitrogens with one attached hydrogen (secondary N) is 1. The Bertz CT molecular complexity index is 1650. The summed E-state index contributed by atoms with van der Waals surface area (Å²) in [6.45, 7) is 4.54. The summed E-state index contributed by atoms with van der Waals surface area (Å²) >= 11 is 0. The number of fused-ring (bicyclic) bond motifs is 1. The second-order valence-electron chi connectivity index (χ2n) is 9.82. The minimum atomic E-state index is -3.94. The van der Waals surface area contributed by atoms with Crippen molar-refractivity contribution in [2.75, 3.05) is 24.4 Å². The zero-order valence-electron chi connectivity index (χ0n) is 21.8. The fraction of sp³-hybridized carbons (Fsp3) is 0.241. The fourth-order valence-electron chi connectivity index (χ4n) is 5.12. The van der Waals surface area contributed by atoms with Gasteiger partial charge in [-0.3, -0.25) is 19.4 Å². The molecule has 1 fully saturated rings. The normalized spacial score (nSPS) is 17.1. The van der Waals surface area contributed by atoms with Crippen LogP contribution >= 0.6 is 0 Å². The Morgan fingerprint density at radius 3 is 2.35 bits per heavy atom. The van der Waals surface area contributed by atoms with Gasteiger partial charge in [0.1, 0.15) is 22.3 Å². The Kier molecular flexibility index (Phi) is 7.52. The lowest BCUT2D eigenvalue weighted by atomic mass is 10.0. The van der Waals surface area contributed by atoms with E-state index in [1.807, 2.05) is 11.8 Å². The van der Waals surface area contributed by atoms with Crippen molar-refractivity contribution in [2.24, 2.45) is 0 Å². The van der Waals surface area contributed by atoms with Gasteiger partial charge in [0, 0.05) is 72.2 Å². The monoisotopic (exact) mass is 568 g/mol. The molecule has 0 radical (unpaired) electrons. The largest absolute Gasteiger partial charge is 0.333 e. The van der Waals surface area contributed by atoms with Crippen LogP contribution in [0, 0.1) is 17.5 Å². The molecule has 3 aromatic carbocycles. The number of piperazine rings is 1. The van der Waals surface area contributed by atoms with Crippen molar-refractivity contribution >= 4 is 32.5 Å². The number of nitrogens with zero attached hydrogens (tertiary/aromatic N) is 3. The first-order chi connectivity index (χ1) is 19.0. The highest BCUT2D eigenvalue weighted by atomic mass is 32.2. The Labute approximate surface area is 230 Å². The van der Waals surface area contributed by atoms with E-state index in [0.29, 0.717) is 53.9 Å². The van der Waals surface area contributed by atoms with E-state index in [4.69, 9.17) is 0 Å². The standard InChI is InChI=1S/C29H27F3N4O3S/c1-18-17-35(19(2)27-24(31)15-22(30)16-25(27)32)13-14-36(18)29(37)21-8-10-23(11-9-21)34-40(38,39)26-7-3-5-20-6-4-12-33-28(20)26/h3-12,15-16,18-19,34H,13-14,17H2,1-2H3/t18-,19?/m1/s1. The summed E-state index contributed by atoms with van der Waals surface area (Å²) < 4.78 is 70.7. The second kappa shape index (κ2) is 10.9. The number of aromatic nitrogens is 1. The molecule has 1 saturated heterocycles. The summed E-state index contributed by atoms with van der Waals surface area (Å²) in [5.74, 6) is -3.10. The molecule has 40 heavy (non-hydrogen) atoms. The Morgan fingerprint density at radius 2 is 1.68 bits per heavy atom. The minimum absolute atomic E-state index is 0.0482. The van der Waals surface area contributed by atoms with E-state index < -0.39 is 33.5 Å². The maximum absolute atomic E-state index is 14.3. The van der Waals surface area contributed by atoms with Crippen molar-refractivity contribution in [1.29, 1.82) is 0 Å². The first kappa shape index (κ1) is 27.6. The van der Waals surface area contributed by atoms with Crippen LogP contribution in [0.1, 0.15) is 35.8 Å². The van der Waals surface area contributed by atoms with Crippen molar-refractivity contribution in [3.63, 3.8) is 0 Å². The number of rotatable bonds is 6. The Balaban J connectivity index is 1.26. The average Bonchev–Trinajstić information content (AvgIpc) is 2.92. The van der Waals surface area contributed by atoms with Crippen molar-refractivity contribution in [3.8, 4) is 0 Å². The van der Waals surface area contributed by atoms with Gasteiger partial charge >= 0.3 is 0 Å². The molecule has 11 heteroatoms. The van der Waals surface area contributed by atoms with E-state index in [0.717, 1.165) is 0 Å². The van der Waals surface area contributed by atoms with Crippen LogP contribution in [0.15, 0.2) is 77.8 Å². The third-order valence-electron chi connectivity index (χ3n) is 7.20. The maximum atomic E-state index is 14.3. The molecule has 5 rings (SSSR count). The summed E-state index contributed by atoms with van der Waals surface area (Å²) in [5, 5.41) is 0.697. The van der Waals surface area contributed by atoms with Gasteiger partial charge in [0.2, 0.25) is 0 Å². The van der Waals surface area contributed by atoms with Gasteiger partial charge in [-0.25, -0.2) is 21.6 Å². The van der Waals surface area contributed by atoms with E-state index in [9.17, 15) is 26.4 Å². The number of carbonyl (C=O) groups excluding carboxylic acids is 1. The molecule has 2 heterocycles. The molecule has 0 bridgehead atoms. The highest BCUT2D eigenvalue weighted by Crippen LogP contribution is 2.29. The molecule has 208 valence electrons. The molecular formula is C29H27F3N4O3S. The van der Waals surface area contributed by atoms with Gasteiger partial charge in [-0.15, -0.1) is 0 Å². The summed E-state index contributed by atoms with van der Waals surface area (Å²) in [6, 6.07) is 15.0. The van der Waals surface area contributed by atoms with Gasteiger partial charge in [0.05, 0.1) is 5.52 Å². The molecule has 0 spiro atoms. The first-order valence-corrected chi connectivity index (χ1v) is 14.2. The second-order valence-corrected chi connectivity index (χ2v) is 11.5. The Morgan fingerprint density at radius 1 is 1.00 bits per heavy atom. The third kappa shape index (κ3) is 5.39. The summed E-state index contributed by atoms with van der Waals surface area (Å²) in [7, 11) is -3.94. The van der Waals surface area contributed by atoms with E-state index in [1.54, 1.807) is 48.2 Å². The average molecular weight is 569 g/mol. The van der Waals surface area contributed by atoms with Crippen molar-refractivity contribution in [2.45, 2.75) is 30.8 Å². The first-order valence-electron chi connectivity index (χ1n) is 12.7. The molecule has 7 nitrogen and oxygen atoms in total. The fourth-order valence-corrected chi connectivity index (χ4v) is 6.36. The topological polar surface area (TPSA) is 82.6 Å². The number of benzene rings is 3. The molecule has 1 unspecified atom stereocenters. The Hall–Kier alpha value is -3.96. The van der Waals surface area contributed by atoms with Gasteiger partial charge in [-0.05, 0) is 50.2 Å². The lowest BCUT2D eigenvalue weighted by Gasteiger charge is -2.42. The van der Waals surface area contributed by atoms with Crippen LogP contribution in [0.4, 0.5) is 18.9 Å². The molecule has 2 atom stereocenters. The van der Waals surface area contributed by atoms with Crippen LogP contribution < -0.4 is 4.72 Å². The van der Waals surface area contributed by atoms with Gasteiger partial charge in [0.15, 0.2) is 0 Å². The highest BCUT2D eigenvalue weighted by molar-refractivity contribution is 7.93. The van der Waals surface area contributed by atoms with Gasteiger partial charge in [-0.2, -0.15) is 0 Å². The third-order valence-corrected chi connectivity index (χ3v) is 8.61. The predicted octanol–water partition coefficient (Wildman–Crippen LogP) is 5.36. The number of hydrogen-bond donors (Lipinski definition) is 1. The molecule has 1 aromatic heterocycles. The smallest absolute Gasteiger partial charge is 0.264 e. The molecular weight excluding hydrogens is 541 g/mol. The molecule has 1 N–H and O–H groups in total. The van der Waals surface area contributed by atoms with Crippen LogP contribution in [0.2, 0.25) is 0 Å². The maximum Gasteiger partial charge on any atom is 0.264 e. The number of amides is 1. The number of anilines is 1. The zero-order valence-corrected chi connectivity index (χ0v) is 22.6. The molecule has 1 aliphatic heterocycles.